The number of ether oxygens (including phenoxy) is 1. The number of carbonyl (C=O) groups is 1. The summed E-state index contributed by atoms with van der Waals surface area (Å²) < 4.78 is 22.4. The van der Waals surface area contributed by atoms with Gasteiger partial charge in [0.2, 0.25) is 0 Å². The molecule has 0 saturated carbocycles. The van der Waals surface area contributed by atoms with Crippen LogP contribution in [0, 0.1) is 5.82 Å². The van der Waals surface area contributed by atoms with E-state index in [-0.39, 0.29) is 11.4 Å². The average molecular weight is 444 g/mol. The minimum atomic E-state index is -0.482. The fourth-order valence-electron chi connectivity index (χ4n) is 2.37. The number of thiazole rings is 1. The molecule has 0 bridgehead atoms. The van der Waals surface area contributed by atoms with Gasteiger partial charge in [-0.3, -0.25) is 4.79 Å². The van der Waals surface area contributed by atoms with Crippen molar-refractivity contribution in [3.8, 4) is 0 Å². The number of amides is 1. The van der Waals surface area contributed by atoms with E-state index >= 15 is 0 Å². The van der Waals surface area contributed by atoms with Gasteiger partial charge in [0.15, 0.2) is 4.80 Å². The molecule has 0 saturated heterocycles. The summed E-state index contributed by atoms with van der Waals surface area (Å²) in [7, 11) is 1.56. The minimum Gasteiger partial charge on any atom is -0.383 e. The zero-order chi connectivity index (χ0) is 18.0. The first-order chi connectivity index (χ1) is 12.0. The summed E-state index contributed by atoms with van der Waals surface area (Å²) in [5.74, 6) is -0.844. The first-order valence-electron chi connectivity index (χ1n) is 7.32. The molecule has 0 atom stereocenters. The van der Waals surface area contributed by atoms with E-state index in [1.165, 1.54) is 17.4 Å². The molecule has 1 amide bonds. The molecule has 0 aliphatic heterocycles. The minimum absolute atomic E-state index is 0.285. The predicted molar refractivity (Wildman–Crippen MR) is 101 cm³/mol. The van der Waals surface area contributed by atoms with Crippen LogP contribution in [-0.4, -0.2) is 24.2 Å². The Balaban J connectivity index is 2.16. The van der Waals surface area contributed by atoms with Crippen LogP contribution >= 0.6 is 38.9 Å². The standard InChI is InChI=1S/C17H13BrClFN2O2S/c1-24-8-7-22-15-13(20)3-2-4-14(15)25-17(22)21-16(23)11-9-10(18)5-6-12(11)19/h2-6,9H,7-8H2,1H3. The maximum atomic E-state index is 14.3. The maximum absolute atomic E-state index is 14.3. The first kappa shape index (κ1) is 18.3. The Bertz CT molecular complexity index is 1020. The normalized spacial score (nSPS) is 12.1. The Morgan fingerprint density at radius 1 is 1.40 bits per heavy atom. The lowest BCUT2D eigenvalue weighted by Crippen LogP contribution is -2.20. The Kier molecular flexibility index (Phi) is 5.68. The molecule has 2 aromatic carbocycles. The molecule has 0 N–H and O–H groups in total. The number of benzene rings is 2. The van der Waals surface area contributed by atoms with Crippen LogP contribution in [0.2, 0.25) is 5.02 Å². The largest absolute Gasteiger partial charge is 0.383 e. The van der Waals surface area contributed by atoms with Gasteiger partial charge in [-0.2, -0.15) is 4.99 Å². The van der Waals surface area contributed by atoms with Crippen molar-refractivity contribution >= 4 is 55.0 Å². The van der Waals surface area contributed by atoms with Gasteiger partial charge in [-0.25, -0.2) is 4.39 Å². The molecule has 4 nitrogen and oxygen atoms in total. The summed E-state index contributed by atoms with van der Waals surface area (Å²) in [5, 5.41) is 0.313. The third kappa shape index (κ3) is 3.84. The van der Waals surface area contributed by atoms with Gasteiger partial charge in [0.1, 0.15) is 5.82 Å². The lowest BCUT2D eigenvalue weighted by atomic mass is 10.2. The highest BCUT2D eigenvalue weighted by molar-refractivity contribution is 9.10. The van der Waals surface area contributed by atoms with Crippen LogP contribution in [0.15, 0.2) is 45.9 Å². The Morgan fingerprint density at radius 3 is 2.96 bits per heavy atom. The molecule has 0 spiro atoms. The predicted octanol–water partition coefficient (Wildman–Crippen LogP) is 4.65. The van der Waals surface area contributed by atoms with Gasteiger partial charge in [-0.15, -0.1) is 0 Å². The molecular formula is C17H13BrClFN2O2S. The van der Waals surface area contributed by atoms with Gasteiger partial charge < -0.3 is 9.30 Å². The van der Waals surface area contributed by atoms with Crippen molar-refractivity contribution in [2.45, 2.75) is 6.54 Å². The van der Waals surface area contributed by atoms with Crippen LogP contribution in [-0.2, 0) is 11.3 Å². The van der Waals surface area contributed by atoms with E-state index in [0.29, 0.717) is 33.2 Å². The fourth-order valence-corrected chi connectivity index (χ4v) is 4.00. The van der Waals surface area contributed by atoms with E-state index in [0.717, 1.165) is 4.47 Å². The molecule has 1 aromatic heterocycles. The molecule has 25 heavy (non-hydrogen) atoms. The molecule has 8 heteroatoms. The number of fused-ring (bicyclic) bond motifs is 1. The Labute approximate surface area is 160 Å². The number of halogens is 3. The number of para-hydroxylation sites is 1. The maximum Gasteiger partial charge on any atom is 0.281 e. The molecule has 0 unspecified atom stereocenters. The number of nitrogens with zero attached hydrogens (tertiary/aromatic N) is 2. The van der Waals surface area contributed by atoms with Gasteiger partial charge in [0, 0.05) is 18.1 Å². The number of methoxy groups -OCH3 is 1. The summed E-state index contributed by atoms with van der Waals surface area (Å²) in [6, 6.07) is 9.79. The third-order valence-corrected chi connectivity index (χ3v) is 5.39. The van der Waals surface area contributed by atoms with Crippen LogP contribution in [0.25, 0.3) is 10.2 Å². The molecule has 130 valence electrons. The van der Waals surface area contributed by atoms with Crippen LogP contribution in [0.1, 0.15) is 10.4 Å². The average Bonchev–Trinajstić information content (AvgIpc) is 2.93. The topological polar surface area (TPSA) is 43.6 Å². The lowest BCUT2D eigenvalue weighted by molar-refractivity contribution is 0.0997. The molecule has 3 rings (SSSR count). The van der Waals surface area contributed by atoms with Gasteiger partial charge in [0.05, 0.1) is 27.4 Å². The van der Waals surface area contributed by atoms with Crippen LogP contribution in [0.4, 0.5) is 4.39 Å². The molecule has 0 fully saturated rings. The highest BCUT2D eigenvalue weighted by Gasteiger charge is 2.14. The quantitative estimate of drug-likeness (QED) is 0.589. The Hall–Kier alpha value is -1.54. The van der Waals surface area contributed by atoms with Gasteiger partial charge in [-0.05, 0) is 30.3 Å². The van der Waals surface area contributed by atoms with Crippen molar-refractivity contribution in [1.82, 2.24) is 4.57 Å². The summed E-state index contributed by atoms with van der Waals surface area (Å²) in [4.78, 5) is 17.1. The second-order valence-electron chi connectivity index (χ2n) is 5.16. The van der Waals surface area contributed by atoms with Gasteiger partial charge in [0.25, 0.3) is 5.91 Å². The SMILES string of the molecule is COCCn1c(=NC(=O)c2cc(Br)ccc2Cl)sc2cccc(F)c21. The summed E-state index contributed by atoms with van der Waals surface area (Å²) in [6.45, 7) is 0.759. The van der Waals surface area contributed by atoms with Gasteiger partial charge >= 0.3 is 0 Å². The fraction of sp³-hybridized carbons (Fsp3) is 0.176. The second-order valence-corrected chi connectivity index (χ2v) is 7.49. The van der Waals surface area contributed by atoms with Crippen molar-refractivity contribution in [3.63, 3.8) is 0 Å². The zero-order valence-corrected chi connectivity index (χ0v) is 16.3. The van der Waals surface area contributed by atoms with Crippen molar-refractivity contribution in [2.24, 2.45) is 4.99 Å². The first-order valence-corrected chi connectivity index (χ1v) is 9.31. The number of hydrogen-bond donors (Lipinski definition) is 0. The molecule has 0 radical (unpaired) electrons. The molecule has 3 aromatic rings. The monoisotopic (exact) mass is 442 g/mol. The summed E-state index contributed by atoms with van der Waals surface area (Å²) in [5.41, 5.74) is 0.698. The Morgan fingerprint density at radius 2 is 2.20 bits per heavy atom. The number of aromatic nitrogens is 1. The van der Waals surface area contributed by atoms with E-state index in [1.807, 2.05) is 0 Å². The zero-order valence-electron chi connectivity index (χ0n) is 13.1. The summed E-state index contributed by atoms with van der Waals surface area (Å²) >= 11 is 10.7. The van der Waals surface area contributed by atoms with E-state index < -0.39 is 5.91 Å². The van der Waals surface area contributed by atoms with E-state index in [9.17, 15) is 9.18 Å². The van der Waals surface area contributed by atoms with E-state index in [2.05, 4.69) is 20.9 Å². The van der Waals surface area contributed by atoms with E-state index in [4.69, 9.17) is 16.3 Å². The lowest BCUT2D eigenvalue weighted by Gasteiger charge is -2.05. The van der Waals surface area contributed by atoms with Crippen molar-refractivity contribution in [1.29, 1.82) is 0 Å². The number of hydrogen-bond acceptors (Lipinski definition) is 3. The smallest absolute Gasteiger partial charge is 0.281 e. The highest BCUT2D eigenvalue weighted by atomic mass is 79.9. The molecular weight excluding hydrogens is 431 g/mol. The van der Waals surface area contributed by atoms with Crippen molar-refractivity contribution in [3.05, 3.63) is 62.1 Å². The molecule has 0 aliphatic carbocycles. The summed E-state index contributed by atoms with van der Waals surface area (Å²) in [6.07, 6.45) is 0. The van der Waals surface area contributed by atoms with E-state index in [1.54, 1.807) is 42.0 Å². The van der Waals surface area contributed by atoms with Crippen LogP contribution < -0.4 is 4.80 Å². The molecule has 1 heterocycles. The van der Waals surface area contributed by atoms with Crippen LogP contribution in [0.3, 0.4) is 0 Å². The van der Waals surface area contributed by atoms with Crippen molar-refractivity contribution in [2.75, 3.05) is 13.7 Å². The van der Waals surface area contributed by atoms with Crippen LogP contribution in [0.5, 0.6) is 0 Å². The third-order valence-electron chi connectivity index (χ3n) is 3.53. The number of carbonyl (C=O) groups excluding carboxylic acids is 1. The van der Waals surface area contributed by atoms with Gasteiger partial charge in [-0.1, -0.05) is 44.9 Å². The van der Waals surface area contributed by atoms with Crippen molar-refractivity contribution < 1.29 is 13.9 Å². The number of rotatable bonds is 4. The second kappa shape index (κ2) is 7.78. The molecule has 0 aliphatic rings. The highest BCUT2D eigenvalue weighted by Crippen LogP contribution is 2.23.